The summed E-state index contributed by atoms with van der Waals surface area (Å²) in [5.41, 5.74) is 6.25. The Morgan fingerprint density at radius 1 is 1.08 bits per heavy atom. The highest BCUT2D eigenvalue weighted by Gasteiger charge is 2.31. The molecule has 0 atom stereocenters. The molecule has 1 amide bonds. The van der Waals surface area contributed by atoms with Crippen molar-refractivity contribution in [2.24, 2.45) is 0 Å². The van der Waals surface area contributed by atoms with Crippen LogP contribution in [0.4, 0.5) is 18.9 Å². The molecule has 4 N–H and O–H groups in total. The number of aromatic amines is 2. The number of nitrogens with zero attached hydrogens (tertiary/aromatic N) is 3. The number of H-pyrrole nitrogens is 2. The van der Waals surface area contributed by atoms with E-state index in [2.05, 4.69) is 19.9 Å². The van der Waals surface area contributed by atoms with Crippen LogP contribution >= 0.6 is 0 Å². The maximum absolute atomic E-state index is 13.2. The molecule has 5 rings (SSSR count). The first-order valence-corrected chi connectivity index (χ1v) is 11.7. The number of fused-ring (bicyclic) bond motifs is 2. The topological polar surface area (TPSA) is 120 Å². The van der Waals surface area contributed by atoms with E-state index in [4.69, 9.17) is 10.5 Å². The van der Waals surface area contributed by atoms with E-state index in [0.717, 1.165) is 31.8 Å². The van der Waals surface area contributed by atoms with Gasteiger partial charge in [0.15, 0.2) is 5.69 Å². The number of hydrogen-bond donors (Lipinski definition) is 3. The number of nitrogens with two attached hydrogens (primary N) is 1. The van der Waals surface area contributed by atoms with Crippen LogP contribution < -0.4 is 11.3 Å². The number of rotatable bonds is 5. The van der Waals surface area contributed by atoms with E-state index in [1.54, 1.807) is 30.2 Å². The molecule has 9 nitrogen and oxygen atoms in total. The number of benzene rings is 2. The van der Waals surface area contributed by atoms with Gasteiger partial charge in [-0.2, -0.15) is 13.2 Å². The van der Waals surface area contributed by atoms with Crippen LogP contribution in [0.5, 0.6) is 0 Å². The fraction of sp³-hybridized carbons (Fsp3) is 0.320. The van der Waals surface area contributed by atoms with Gasteiger partial charge in [-0.15, -0.1) is 0 Å². The molecule has 2 aromatic heterocycles. The Hall–Kier alpha value is -3.90. The first kappa shape index (κ1) is 24.8. The van der Waals surface area contributed by atoms with E-state index >= 15 is 0 Å². The maximum Gasteiger partial charge on any atom is 0.416 e. The number of nitrogens with one attached hydrogen (secondary N) is 2. The molecule has 0 bridgehead atoms. The second-order valence-electron chi connectivity index (χ2n) is 8.94. The van der Waals surface area contributed by atoms with Gasteiger partial charge in [0.25, 0.3) is 11.5 Å². The average molecular weight is 515 g/mol. The predicted molar refractivity (Wildman–Crippen MR) is 133 cm³/mol. The molecule has 1 aliphatic rings. The summed E-state index contributed by atoms with van der Waals surface area (Å²) in [5.74, 6) is -0.128. The molecule has 194 valence electrons. The van der Waals surface area contributed by atoms with Gasteiger partial charge in [0.05, 0.1) is 34.6 Å². The fourth-order valence-electron chi connectivity index (χ4n) is 4.54. The number of ether oxygens (including phenoxy) is 1. The van der Waals surface area contributed by atoms with Crippen LogP contribution in [0.3, 0.4) is 0 Å². The number of hydrogen-bond acceptors (Lipinski definition) is 6. The second kappa shape index (κ2) is 9.52. The van der Waals surface area contributed by atoms with E-state index in [0.29, 0.717) is 36.2 Å². The number of aromatic nitrogens is 3. The number of amides is 1. The Morgan fingerprint density at radius 3 is 2.51 bits per heavy atom. The number of halogens is 3. The van der Waals surface area contributed by atoms with Gasteiger partial charge in [0.2, 0.25) is 0 Å². The zero-order valence-electron chi connectivity index (χ0n) is 20.0. The third-order valence-electron chi connectivity index (χ3n) is 6.61. The lowest BCUT2D eigenvalue weighted by Crippen LogP contribution is -2.49. The zero-order valence-corrected chi connectivity index (χ0v) is 20.0. The highest BCUT2D eigenvalue weighted by molar-refractivity contribution is 6.04. The molecule has 0 unspecified atom stereocenters. The van der Waals surface area contributed by atoms with Crippen molar-refractivity contribution in [1.29, 1.82) is 0 Å². The van der Waals surface area contributed by atoms with Crippen molar-refractivity contribution in [2.45, 2.75) is 6.18 Å². The van der Waals surface area contributed by atoms with Crippen molar-refractivity contribution in [3.63, 3.8) is 0 Å². The van der Waals surface area contributed by atoms with Crippen LogP contribution in [0.2, 0.25) is 0 Å². The van der Waals surface area contributed by atoms with Gasteiger partial charge < -0.3 is 25.3 Å². The Balaban J connectivity index is 1.45. The van der Waals surface area contributed by atoms with Crippen LogP contribution in [0.15, 0.2) is 41.2 Å². The number of piperazine rings is 1. The molecule has 37 heavy (non-hydrogen) atoms. The number of nitrogen functional groups attached to an aromatic ring is 1. The Kier molecular flexibility index (Phi) is 6.38. The number of carbonyl (C=O) groups excluding carboxylic acids is 1. The molecule has 1 aliphatic heterocycles. The molecule has 4 aromatic rings. The minimum absolute atomic E-state index is 0.0250. The van der Waals surface area contributed by atoms with Gasteiger partial charge in [-0.3, -0.25) is 14.5 Å². The Labute approximate surface area is 209 Å². The summed E-state index contributed by atoms with van der Waals surface area (Å²) in [5, 5.41) is 0.518. The maximum atomic E-state index is 13.2. The summed E-state index contributed by atoms with van der Waals surface area (Å²) < 4.78 is 44.6. The van der Waals surface area contributed by atoms with Gasteiger partial charge in [-0.05, 0) is 36.4 Å². The highest BCUT2D eigenvalue weighted by atomic mass is 19.4. The van der Waals surface area contributed by atoms with E-state index in [1.807, 2.05) is 0 Å². The van der Waals surface area contributed by atoms with E-state index in [9.17, 15) is 22.8 Å². The van der Waals surface area contributed by atoms with Gasteiger partial charge in [-0.25, -0.2) is 4.98 Å². The summed E-state index contributed by atoms with van der Waals surface area (Å²) in [4.78, 5) is 39.7. The minimum atomic E-state index is -4.55. The molecule has 0 saturated carbocycles. The lowest BCUT2D eigenvalue weighted by Gasteiger charge is -2.34. The predicted octanol–water partition coefficient (Wildman–Crippen LogP) is 3.08. The normalized spacial score (nSPS) is 15.1. The summed E-state index contributed by atoms with van der Waals surface area (Å²) >= 11 is 0. The Bertz CT molecular complexity index is 1540. The van der Waals surface area contributed by atoms with E-state index < -0.39 is 17.3 Å². The molecule has 0 radical (unpaired) electrons. The second-order valence-corrected chi connectivity index (χ2v) is 8.94. The largest absolute Gasteiger partial charge is 0.416 e. The molecular weight excluding hydrogens is 489 g/mol. The van der Waals surface area contributed by atoms with Crippen molar-refractivity contribution in [3.8, 4) is 11.4 Å². The molecule has 1 saturated heterocycles. The van der Waals surface area contributed by atoms with Crippen molar-refractivity contribution < 1.29 is 22.7 Å². The monoisotopic (exact) mass is 514 g/mol. The minimum Gasteiger partial charge on any atom is -0.396 e. The quantitative estimate of drug-likeness (QED) is 0.377. The lowest BCUT2D eigenvalue weighted by atomic mass is 10.1. The fourth-order valence-corrected chi connectivity index (χ4v) is 4.54. The van der Waals surface area contributed by atoms with Gasteiger partial charge in [0.1, 0.15) is 0 Å². The number of carbonyl (C=O) groups is 1. The zero-order chi connectivity index (χ0) is 26.3. The third kappa shape index (κ3) is 4.77. The number of alkyl halides is 3. The summed E-state index contributed by atoms with van der Waals surface area (Å²) in [7, 11) is 1.66. The highest BCUT2D eigenvalue weighted by Crippen LogP contribution is 2.33. The van der Waals surface area contributed by atoms with Crippen LogP contribution in [0, 0.1) is 0 Å². The van der Waals surface area contributed by atoms with Crippen LogP contribution in [-0.4, -0.2) is 77.1 Å². The molecule has 3 heterocycles. The molecule has 12 heteroatoms. The smallest absolute Gasteiger partial charge is 0.396 e. The molecule has 0 spiro atoms. The lowest BCUT2D eigenvalue weighted by molar-refractivity contribution is -0.137. The summed E-state index contributed by atoms with van der Waals surface area (Å²) in [6.45, 7) is 4.13. The van der Waals surface area contributed by atoms with Gasteiger partial charge in [0, 0.05) is 56.3 Å². The SMILES string of the molecule is COCCN1CCN(C(=O)c2ccc3[nH]c(-c4nc5cc(C(F)(F)F)ccc5[nH]c4=O)c(N)c3c2)CC1. The molecule has 2 aromatic carbocycles. The van der Waals surface area contributed by atoms with Crippen molar-refractivity contribution in [3.05, 3.63) is 57.9 Å². The third-order valence-corrected chi connectivity index (χ3v) is 6.61. The first-order chi connectivity index (χ1) is 17.7. The van der Waals surface area contributed by atoms with E-state index in [1.165, 1.54) is 6.07 Å². The first-order valence-electron chi connectivity index (χ1n) is 11.7. The van der Waals surface area contributed by atoms with E-state index in [-0.39, 0.29) is 34.0 Å². The van der Waals surface area contributed by atoms with Crippen molar-refractivity contribution in [1.82, 2.24) is 24.8 Å². The van der Waals surface area contributed by atoms with Crippen LogP contribution in [-0.2, 0) is 10.9 Å². The van der Waals surface area contributed by atoms with Gasteiger partial charge in [-0.1, -0.05) is 0 Å². The molecule has 0 aliphatic carbocycles. The average Bonchev–Trinajstić information content (AvgIpc) is 3.21. The number of methoxy groups -OCH3 is 1. The van der Waals surface area contributed by atoms with Crippen molar-refractivity contribution >= 4 is 33.5 Å². The summed E-state index contributed by atoms with van der Waals surface area (Å²) in [6.07, 6.45) is -4.55. The summed E-state index contributed by atoms with van der Waals surface area (Å²) in [6, 6.07) is 7.94. The number of anilines is 1. The molecular formula is C25H25F3N6O3. The standard InChI is InChI=1S/C25H25F3N6O3/c1-37-11-10-33-6-8-34(9-7-33)24(36)14-2-4-17-16(12-14)20(29)21(30-17)22-23(35)32-18-5-3-15(25(26,27)28)13-19(18)31-22/h2-5,12-13,30H,6-11,29H2,1H3,(H,32,35). The van der Waals surface area contributed by atoms with Crippen LogP contribution in [0.25, 0.3) is 33.3 Å². The van der Waals surface area contributed by atoms with Crippen LogP contribution in [0.1, 0.15) is 15.9 Å². The van der Waals surface area contributed by atoms with Crippen molar-refractivity contribution in [2.75, 3.05) is 52.2 Å². The molecule has 1 fully saturated rings. The Morgan fingerprint density at radius 2 is 1.81 bits per heavy atom. The van der Waals surface area contributed by atoms with Gasteiger partial charge >= 0.3 is 6.18 Å².